The first-order chi connectivity index (χ1) is 15.9. The van der Waals surface area contributed by atoms with Gasteiger partial charge in [0.15, 0.2) is 17.3 Å². The van der Waals surface area contributed by atoms with Crippen LogP contribution in [0.2, 0.25) is 0 Å². The zero-order valence-electron chi connectivity index (χ0n) is 18.6. The van der Waals surface area contributed by atoms with Crippen LogP contribution in [-0.4, -0.2) is 23.5 Å². The van der Waals surface area contributed by atoms with Crippen molar-refractivity contribution in [1.29, 1.82) is 0 Å². The van der Waals surface area contributed by atoms with E-state index in [0.29, 0.717) is 45.7 Å². The van der Waals surface area contributed by atoms with Gasteiger partial charge in [-0.15, -0.1) is 0 Å². The van der Waals surface area contributed by atoms with E-state index in [-0.39, 0.29) is 18.1 Å². The number of nitrogens with one attached hydrogen (secondary N) is 1. The highest BCUT2D eigenvalue weighted by Crippen LogP contribution is 2.46. The molecule has 172 valence electrons. The van der Waals surface area contributed by atoms with E-state index < -0.39 is 11.9 Å². The third kappa shape index (κ3) is 4.69. The van der Waals surface area contributed by atoms with Crippen LogP contribution in [0.3, 0.4) is 0 Å². The van der Waals surface area contributed by atoms with Crippen LogP contribution in [0.1, 0.15) is 50.2 Å². The predicted octanol–water partition coefficient (Wildman–Crippen LogP) is 5.26. The Morgan fingerprint density at radius 1 is 1.21 bits per heavy atom. The van der Waals surface area contributed by atoms with Gasteiger partial charge in [0.2, 0.25) is 0 Å². The van der Waals surface area contributed by atoms with Crippen molar-refractivity contribution in [3.8, 4) is 11.5 Å². The molecule has 4 rings (SSSR count). The molecule has 2 aliphatic rings. The van der Waals surface area contributed by atoms with Crippen molar-refractivity contribution in [3.05, 3.63) is 80.6 Å². The molecule has 2 N–H and O–H groups in total. The number of Topliss-reactive ketones (excluding diaryl/α,β-unsaturated/α-hetero) is 1. The topological polar surface area (TPSA) is 84.9 Å². The van der Waals surface area contributed by atoms with Crippen LogP contribution in [0.15, 0.2) is 69.5 Å². The number of hydrogen-bond acceptors (Lipinski definition) is 6. The number of allylic oxidation sites excluding steroid dienone is 3. The van der Waals surface area contributed by atoms with Crippen LogP contribution in [0.4, 0.5) is 0 Å². The zero-order valence-corrected chi connectivity index (χ0v) is 20.2. The summed E-state index contributed by atoms with van der Waals surface area (Å²) in [7, 11) is 0. The van der Waals surface area contributed by atoms with Gasteiger partial charge in [0, 0.05) is 29.3 Å². The number of benzene rings is 2. The Morgan fingerprint density at radius 2 is 1.97 bits per heavy atom. The van der Waals surface area contributed by atoms with Gasteiger partial charge >= 0.3 is 5.97 Å². The normalized spacial score (nSPS) is 18.0. The number of carbonyl (C=O) groups excluding carboxylic acids is 2. The van der Waals surface area contributed by atoms with Crippen molar-refractivity contribution in [1.82, 2.24) is 5.32 Å². The standard InChI is InChI=1S/C26H26BrNO5/c1-3-32-21-13-17(12-18(27)25(21)30)23-22(26(31)33-14-16-8-5-4-6-9-16)15(2)28-19-10-7-11-20(29)24(19)23/h4-6,8-9,12-13,23,28,30H,3,7,10-11,14H2,1-2H3. The maximum absolute atomic E-state index is 13.4. The van der Waals surface area contributed by atoms with Crippen LogP contribution in [0.25, 0.3) is 0 Å². The number of ether oxygens (including phenoxy) is 2. The molecule has 1 aliphatic carbocycles. The highest BCUT2D eigenvalue weighted by Gasteiger charge is 2.39. The molecule has 0 fully saturated rings. The van der Waals surface area contributed by atoms with E-state index in [0.717, 1.165) is 24.1 Å². The molecule has 0 spiro atoms. The molecule has 33 heavy (non-hydrogen) atoms. The number of rotatable bonds is 6. The maximum atomic E-state index is 13.4. The quantitative estimate of drug-likeness (QED) is 0.514. The van der Waals surface area contributed by atoms with Gasteiger partial charge in [0.25, 0.3) is 0 Å². The largest absolute Gasteiger partial charge is 0.503 e. The minimum absolute atomic E-state index is 0.0109. The SMILES string of the molecule is CCOc1cc(C2C(C(=O)OCc3ccccc3)=C(C)NC3=C2C(=O)CCC3)cc(Br)c1O. The Labute approximate surface area is 201 Å². The van der Waals surface area contributed by atoms with E-state index in [1.165, 1.54) is 0 Å². The van der Waals surface area contributed by atoms with Crippen molar-refractivity contribution in [2.75, 3.05) is 6.61 Å². The second-order valence-electron chi connectivity index (χ2n) is 8.11. The predicted molar refractivity (Wildman–Crippen MR) is 128 cm³/mol. The molecule has 1 aliphatic heterocycles. The van der Waals surface area contributed by atoms with Crippen molar-refractivity contribution < 1.29 is 24.2 Å². The molecule has 2 aromatic rings. The number of phenols is 1. The summed E-state index contributed by atoms with van der Waals surface area (Å²) >= 11 is 3.39. The number of phenolic OH excluding ortho intramolecular Hbond substituents is 1. The lowest BCUT2D eigenvalue weighted by molar-refractivity contribution is -0.140. The molecule has 0 aromatic heterocycles. The summed E-state index contributed by atoms with van der Waals surface area (Å²) < 4.78 is 11.7. The Kier molecular flexibility index (Phi) is 6.88. The van der Waals surface area contributed by atoms with Crippen molar-refractivity contribution in [2.45, 2.75) is 45.6 Å². The van der Waals surface area contributed by atoms with Gasteiger partial charge in [-0.25, -0.2) is 4.79 Å². The fourth-order valence-corrected chi connectivity index (χ4v) is 4.87. The van der Waals surface area contributed by atoms with E-state index in [1.54, 1.807) is 12.1 Å². The lowest BCUT2D eigenvalue weighted by atomic mass is 9.75. The third-order valence-electron chi connectivity index (χ3n) is 5.89. The minimum Gasteiger partial charge on any atom is -0.503 e. The van der Waals surface area contributed by atoms with E-state index in [9.17, 15) is 14.7 Å². The fourth-order valence-electron chi connectivity index (χ4n) is 4.41. The average molecular weight is 512 g/mol. The minimum atomic E-state index is -0.617. The number of carbonyl (C=O) groups is 2. The van der Waals surface area contributed by atoms with Gasteiger partial charge in [-0.3, -0.25) is 4.79 Å². The van der Waals surface area contributed by atoms with E-state index in [2.05, 4.69) is 21.2 Å². The summed E-state index contributed by atoms with van der Waals surface area (Å²) in [6.07, 6.45) is 1.93. The van der Waals surface area contributed by atoms with Crippen LogP contribution >= 0.6 is 15.9 Å². The molecule has 0 radical (unpaired) electrons. The van der Waals surface area contributed by atoms with Crippen molar-refractivity contribution in [3.63, 3.8) is 0 Å². The summed E-state index contributed by atoms with van der Waals surface area (Å²) in [6.45, 7) is 4.15. The summed E-state index contributed by atoms with van der Waals surface area (Å²) in [6, 6.07) is 12.9. The highest BCUT2D eigenvalue weighted by atomic mass is 79.9. The first kappa shape index (κ1) is 23.1. The number of dihydropyridines is 1. The Bertz CT molecular complexity index is 1150. The number of ketones is 1. The van der Waals surface area contributed by atoms with Gasteiger partial charge in [0.1, 0.15) is 6.61 Å². The highest BCUT2D eigenvalue weighted by molar-refractivity contribution is 9.10. The first-order valence-corrected chi connectivity index (χ1v) is 11.8. The van der Waals surface area contributed by atoms with Crippen LogP contribution in [0.5, 0.6) is 11.5 Å². The molecule has 1 heterocycles. The monoisotopic (exact) mass is 511 g/mol. The van der Waals surface area contributed by atoms with E-state index in [4.69, 9.17) is 9.47 Å². The van der Waals surface area contributed by atoms with Gasteiger partial charge in [-0.1, -0.05) is 30.3 Å². The summed E-state index contributed by atoms with van der Waals surface area (Å²) in [5, 5.41) is 13.7. The lowest BCUT2D eigenvalue weighted by Crippen LogP contribution is -2.34. The average Bonchev–Trinajstić information content (AvgIpc) is 2.80. The third-order valence-corrected chi connectivity index (χ3v) is 6.50. The molecular weight excluding hydrogens is 486 g/mol. The number of aromatic hydroxyl groups is 1. The summed E-state index contributed by atoms with van der Waals surface area (Å²) in [5.41, 5.74) is 4.03. The van der Waals surface area contributed by atoms with Gasteiger partial charge in [0.05, 0.1) is 16.7 Å². The molecular formula is C26H26BrNO5. The molecule has 6 nitrogen and oxygen atoms in total. The molecule has 2 aromatic carbocycles. The van der Waals surface area contributed by atoms with Gasteiger partial charge in [-0.05, 0) is 65.9 Å². The Balaban J connectivity index is 1.78. The van der Waals surface area contributed by atoms with Crippen LogP contribution < -0.4 is 10.1 Å². The molecule has 1 unspecified atom stereocenters. The Hall–Kier alpha value is -3.06. The zero-order chi connectivity index (χ0) is 23.5. The van der Waals surface area contributed by atoms with Gasteiger partial charge < -0.3 is 19.9 Å². The summed E-state index contributed by atoms with van der Waals surface area (Å²) in [4.78, 5) is 26.4. The van der Waals surface area contributed by atoms with Crippen LogP contribution in [-0.2, 0) is 20.9 Å². The van der Waals surface area contributed by atoms with Crippen LogP contribution in [0, 0.1) is 0 Å². The smallest absolute Gasteiger partial charge is 0.337 e. The second kappa shape index (κ2) is 9.83. The van der Waals surface area contributed by atoms with Crippen molar-refractivity contribution >= 4 is 27.7 Å². The number of hydrogen-bond donors (Lipinski definition) is 2. The molecule has 0 saturated heterocycles. The maximum Gasteiger partial charge on any atom is 0.337 e. The fraction of sp³-hybridized carbons (Fsp3) is 0.308. The lowest BCUT2D eigenvalue weighted by Gasteiger charge is -2.34. The number of esters is 1. The van der Waals surface area contributed by atoms with Gasteiger partial charge in [-0.2, -0.15) is 0 Å². The molecule has 0 amide bonds. The Morgan fingerprint density at radius 3 is 2.70 bits per heavy atom. The molecule has 0 saturated carbocycles. The molecule has 7 heteroatoms. The van der Waals surface area contributed by atoms with E-state index in [1.807, 2.05) is 44.2 Å². The first-order valence-electron chi connectivity index (χ1n) is 11.0. The van der Waals surface area contributed by atoms with E-state index >= 15 is 0 Å². The molecule has 0 bridgehead atoms. The van der Waals surface area contributed by atoms with Crippen molar-refractivity contribution in [2.24, 2.45) is 0 Å². The molecule has 1 atom stereocenters. The summed E-state index contributed by atoms with van der Waals surface area (Å²) in [5.74, 6) is -0.820. The number of halogens is 1. The second-order valence-corrected chi connectivity index (χ2v) is 8.96.